The molecule has 0 saturated carbocycles. The molecule has 1 atom stereocenters. The van der Waals surface area contributed by atoms with Crippen LogP contribution in [0.3, 0.4) is 0 Å². The van der Waals surface area contributed by atoms with E-state index < -0.39 is 0 Å². The zero-order chi connectivity index (χ0) is 13.0. The molecule has 1 aromatic heterocycles. The molecule has 2 rings (SSSR count). The van der Waals surface area contributed by atoms with E-state index in [1.807, 2.05) is 0 Å². The largest absolute Gasteiger partial charge is 0.339 e. The van der Waals surface area contributed by atoms with Gasteiger partial charge in [-0.1, -0.05) is 41.9 Å². The Morgan fingerprint density at radius 2 is 2.00 bits per heavy atom. The van der Waals surface area contributed by atoms with Crippen molar-refractivity contribution in [2.24, 2.45) is 11.7 Å². The molecule has 0 fully saturated rings. The molecule has 0 aliphatic carbocycles. The van der Waals surface area contributed by atoms with Gasteiger partial charge in [0.05, 0.1) is 0 Å². The van der Waals surface area contributed by atoms with Gasteiger partial charge in [0.15, 0.2) is 5.82 Å². The minimum atomic E-state index is 0.373. The first kappa shape index (κ1) is 12.8. The molecule has 0 aliphatic heterocycles. The first-order chi connectivity index (χ1) is 8.67. The number of nitrogens with two attached hydrogens (primary N) is 1. The summed E-state index contributed by atoms with van der Waals surface area (Å²) >= 11 is 0. The third-order valence-corrected chi connectivity index (χ3v) is 2.92. The average molecular weight is 245 g/mol. The van der Waals surface area contributed by atoms with E-state index in [0.29, 0.717) is 24.8 Å². The van der Waals surface area contributed by atoms with Crippen LogP contribution in [0.5, 0.6) is 0 Å². The molecular formula is C14H19N3O. The SMILES string of the molecule is Cc1ccc(Cc2noc(CC(C)CN)n2)cc1. The Kier molecular flexibility index (Phi) is 4.10. The zero-order valence-corrected chi connectivity index (χ0v) is 10.9. The highest BCUT2D eigenvalue weighted by Crippen LogP contribution is 2.10. The van der Waals surface area contributed by atoms with Gasteiger partial charge >= 0.3 is 0 Å². The number of aryl methyl sites for hydroxylation is 1. The number of benzene rings is 1. The molecule has 1 unspecified atom stereocenters. The molecule has 0 amide bonds. The second-order valence-corrected chi connectivity index (χ2v) is 4.81. The Labute approximate surface area is 107 Å². The van der Waals surface area contributed by atoms with Crippen LogP contribution in [-0.4, -0.2) is 16.7 Å². The molecule has 0 spiro atoms. The fourth-order valence-electron chi connectivity index (χ4n) is 1.71. The summed E-state index contributed by atoms with van der Waals surface area (Å²) in [7, 11) is 0. The molecule has 2 aromatic rings. The Hall–Kier alpha value is -1.68. The standard InChI is InChI=1S/C14H19N3O/c1-10-3-5-12(6-4-10)8-13-16-14(18-17-13)7-11(2)9-15/h3-6,11H,7-9,15H2,1-2H3. The number of hydrogen-bond acceptors (Lipinski definition) is 4. The molecule has 0 bridgehead atoms. The van der Waals surface area contributed by atoms with Crippen LogP contribution in [0.1, 0.15) is 29.8 Å². The predicted molar refractivity (Wildman–Crippen MR) is 70.2 cm³/mol. The quantitative estimate of drug-likeness (QED) is 0.876. The maximum absolute atomic E-state index is 5.57. The van der Waals surface area contributed by atoms with Gasteiger partial charge in [0.25, 0.3) is 0 Å². The van der Waals surface area contributed by atoms with E-state index in [0.717, 1.165) is 12.2 Å². The molecule has 4 heteroatoms. The molecule has 18 heavy (non-hydrogen) atoms. The van der Waals surface area contributed by atoms with E-state index in [4.69, 9.17) is 10.3 Å². The normalized spacial score (nSPS) is 12.6. The maximum Gasteiger partial charge on any atom is 0.226 e. The first-order valence-corrected chi connectivity index (χ1v) is 6.24. The summed E-state index contributed by atoms with van der Waals surface area (Å²) in [5.41, 5.74) is 8.02. The predicted octanol–water partition coefficient (Wildman–Crippen LogP) is 2.11. The second kappa shape index (κ2) is 5.78. The summed E-state index contributed by atoms with van der Waals surface area (Å²) in [6, 6.07) is 8.36. The molecule has 0 radical (unpaired) electrons. The molecule has 96 valence electrons. The second-order valence-electron chi connectivity index (χ2n) is 4.81. The van der Waals surface area contributed by atoms with Gasteiger partial charge in [-0.3, -0.25) is 0 Å². The highest BCUT2D eigenvalue weighted by Gasteiger charge is 2.10. The van der Waals surface area contributed by atoms with Crippen LogP contribution < -0.4 is 5.73 Å². The van der Waals surface area contributed by atoms with Gasteiger partial charge in [0.2, 0.25) is 5.89 Å². The number of nitrogens with zero attached hydrogens (tertiary/aromatic N) is 2. The van der Waals surface area contributed by atoms with Crippen LogP contribution in [0.25, 0.3) is 0 Å². The lowest BCUT2D eigenvalue weighted by Crippen LogP contribution is -2.13. The molecule has 0 saturated heterocycles. The maximum atomic E-state index is 5.57. The summed E-state index contributed by atoms with van der Waals surface area (Å²) < 4.78 is 5.22. The van der Waals surface area contributed by atoms with Gasteiger partial charge in [0.1, 0.15) is 0 Å². The number of rotatable bonds is 5. The van der Waals surface area contributed by atoms with Gasteiger partial charge in [-0.2, -0.15) is 4.98 Å². The summed E-state index contributed by atoms with van der Waals surface area (Å²) in [4.78, 5) is 4.38. The Balaban J connectivity index is 2.00. The third-order valence-electron chi connectivity index (χ3n) is 2.92. The molecule has 4 nitrogen and oxygen atoms in total. The van der Waals surface area contributed by atoms with E-state index in [1.165, 1.54) is 11.1 Å². The number of hydrogen-bond donors (Lipinski definition) is 1. The molecule has 1 aromatic carbocycles. The van der Waals surface area contributed by atoms with E-state index in [-0.39, 0.29) is 0 Å². The average Bonchev–Trinajstić information content (AvgIpc) is 2.79. The molecule has 0 aliphatic rings. The van der Waals surface area contributed by atoms with Gasteiger partial charge in [-0.05, 0) is 24.9 Å². The fourth-order valence-corrected chi connectivity index (χ4v) is 1.71. The number of aromatic nitrogens is 2. The topological polar surface area (TPSA) is 64.9 Å². The van der Waals surface area contributed by atoms with Crippen molar-refractivity contribution in [2.75, 3.05) is 6.54 Å². The lowest BCUT2D eigenvalue weighted by Gasteiger charge is -2.02. The van der Waals surface area contributed by atoms with Gasteiger partial charge < -0.3 is 10.3 Å². The summed E-state index contributed by atoms with van der Waals surface area (Å²) in [5, 5.41) is 3.99. The highest BCUT2D eigenvalue weighted by atomic mass is 16.5. The van der Waals surface area contributed by atoms with Crippen LogP contribution >= 0.6 is 0 Å². The van der Waals surface area contributed by atoms with Crippen LogP contribution in [0.4, 0.5) is 0 Å². The van der Waals surface area contributed by atoms with Crippen molar-refractivity contribution in [3.05, 3.63) is 47.1 Å². The Morgan fingerprint density at radius 3 is 2.67 bits per heavy atom. The first-order valence-electron chi connectivity index (χ1n) is 6.24. The lowest BCUT2D eigenvalue weighted by atomic mass is 10.1. The minimum Gasteiger partial charge on any atom is -0.339 e. The van der Waals surface area contributed by atoms with Crippen molar-refractivity contribution >= 4 is 0 Å². The minimum absolute atomic E-state index is 0.373. The van der Waals surface area contributed by atoms with Crippen molar-refractivity contribution in [3.8, 4) is 0 Å². The van der Waals surface area contributed by atoms with Crippen LogP contribution in [0, 0.1) is 12.8 Å². The van der Waals surface area contributed by atoms with Crippen LogP contribution in [0.2, 0.25) is 0 Å². The zero-order valence-electron chi connectivity index (χ0n) is 10.9. The van der Waals surface area contributed by atoms with Crippen molar-refractivity contribution < 1.29 is 4.52 Å². The van der Waals surface area contributed by atoms with Crippen molar-refractivity contribution in [1.82, 2.24) is 10.1 Å². The van der Waals surface area contributed by atoms with E-state index in [2.05, 4.69) is 48.3 Å². The van der Waals surface area contributed by atoms with E-state index in [1.54, 1.807) is 0 Å². The molecule has 1 heterocycles. The van der Waals surface area contributed by atoms with Gasteiger partial charge in [0, 0.05) is 12.8 Å². The van der Waals surface area contributed by atoms with Gasteiger partial charge in [-0.25, -0.2) is 0 Å². The van der Waals surface area contributed by atoms with Crippen molar-refractivity contribution in [2.45, 2.75) is 26.7 Å². The monoisotopic (exact) mass is 245 g/mol. The van der Waals surface area contributed by atoms with Crippen molar-refractivity contribution in [1.29, 1.82) is 0 Å². The molecular weight excluding hydrogens is 226 g/mol. The van der Waals surface area contributed by atoms with Crippen LogP contribution in [0.15, 0.2) is 28.8 Å². The van der Waals surface area contributed by atoms with Crippen molar-refractivity contribution in [3.63, 3.8) is 0 Å². The lowest BCUT2D eigenvalue weighted by molar-refractivity contribution is 0.356. The summed E-state index contributed by atoms with van der Waals surface area (Å²) in [6.07, 6.45) is 1.46. The Morgan fingerprint density at radius 1 is 1.28 bits per heavy atom. The smallest absolute Gasteiger partial charge is 0.226 e. The summed E-state index contributed by atoms with van der Waals surface area (Å²) in [5.74, 6) is 1.78. The molecule has 2 N–H and O–H groups in total. The van der Waals surface area contributed by atoms with Gasteiger partial charge in [-0.15, -0.1) is 0 Å². The van der Waals surface area contributed by atoms with E-state index >= 15 is 0 Å². The Bertz CT molecular complexity index is 490. The van der Waals surface area contributed by atoms with E-state index in [9.17, 15) is 0 Å². The highest BCUT2D eigenvalue weighted by molar-refractivity contribution is 5.23. The summed E-state index contributed by atoms with van der Waals surface area (Å²) in [6.45, 7) is 4.78. The van der Waals surface area contributed by atoms with Crippen LogP contribution in [-0.2, 0) is 12.8 Å². The fraction of sp³-hybridized carbons (Fsp3) is 0.429. The third kappa shape index (κ3) is 3.40.